The minimum Gasteiger partial charge on any atom is -0.469 e. The second-order valence-corrected chi connectivity index (χ2v) is 6.19. The summed E-state index contributed by atoms with van der Waals surface area (Å²) in [6, 6.07) is 0. The van der Waals surface area contributed by atoms with E-state index in [2.05, 4.69) is 6.92 Å². The van der Waals surface area contributed by atoms with Crippen molar-refractivity contribution in [3.05, 3.63) is 0 Å². The molecule has 0 aliphatic rings. The molecule has 3 nitrogen and oxygen atoms in total. The molecule has 0 saturated carbocycles. The van der Waals surface area contributed by atoms with Crippen LogP contribution >= 0.6 is 0 Å². The number of hydrogen-bond acceptors (Lipinski definition) is 3. The highest BCUT2D eigenvalue weighted by molar-refractivity contribution is 5.76. The summed E-state index contributed by atoms with van der Waals surface area (Å²) >= 11 is 0. The number of carbonyl (C=O) groups is 1. The van der Waals surface area contributed by atoms with Crippen LogP contribution in [0.1, 0.15) is 84.5 Å². The summed E-state index contributed by atoms with van der Waals surface area (Å²) in [4.78, 5) is 11.7. The summed E-state index contributed by atoms with van der Waals surface area (Å²) in [5, 5.41) is 0. The highest BCUT2D eigenvalue weighted by Gasteiger charge is 2.31. The van der Waals surface area contributed by atoms with E-state index in [1.807, 2.05) is 6.92 Å². The first-order chi connectivity index (χ1) is 9.60. The number of carbonyl (C=O) groups excluding carboxylic acids is 1. The van der Waals surface area contributed by atoms with Gasteiger partial charge in [0.1, 0.15) is 0 Å². The SMILES string of the molecule is CCCCCCCCCCCCC(C)(CN)C(=O)OC. The van der Waals surface area contributed by atoms with Crippen molar-refractivity contribution in [3.63, 3.8) is 0 Å². The van der Waals surface area contributed by atoms with Gasteiger partial charge in [0.25, 0.3) is 0 Å². The summed E-state index contributed by atoms with van der Waals surface area (Å²) in [7, 11) is 1.44. The molecule has 0 rings (SSSR count). The van der Waals surface area contributed by atoms with Gasteiger partial charge in [-0.05, 0) is 13.3 Å². The first kappa shape index (κ1) is 19.4. The minimum atomic E-state index is -0.491. The summed E-state index contributed by atoms with van der Waals surface area (Å²) in [5.74, 6) is -0.170. The maximum atomic E-state index is 11.7. The van der Waals surface area contributed by atoms with Gasteiger partial charge in [-0.3, -0.25) is 4.79 Å². The molecule has 3 heteroatoms. The van der Waals surface area contributed by atoms with Crippen LogP contribution in [0.5, 0.6) is 0 Å². The van der Waals surface area contributed by atoms with Gasteiger partial charge in [-0.2, -0.15) is 0 Å². The van der Waals surface area contributed by atoms with E-state index < -0.39 is 5.41 Å². The van der Waals surface area contributed by atoms with Gasteiger partial charge in [0, 0.05) is 6.54 Å². The molecule has 0 saturated heterocycles. The Labute approximate surface area is 125 Å². The molecular formula is C17H35NO2. The van der Waals surface area contributed by atoms with Crippen molar-refractivity contribution in [3.8, 4) is 0 Å². The lowest BCUT2D eigenvalue weighted by Crippen LogP contribution is -2.36. The maximum Gasteiger partial charge on any atom is 0.312 e. The Morgan fingerprint density at radius 2 is 1.40 bits per heavy atom. The number of ether oxygens (including phenoxy) is 1. The van der Waals surface area contributed by atoms with E-state index in [0.717, 1.165) is 12.8 Å². The summed E-state index contributed by atoms with van der Waals surface area (Å²) in [6.07, 6.45) is 13.9. The van der Waals surface area contributed by atoms with Gasteiger partial charge < -0.3 is 10.5 Å². The van der Waals surface area contributed by atoms with Crippen LogP contribution in [0.3, 0.4) is 0 Å². The average molecular weight is 285 g/mol. The molecule has 1 unspecified atom stereocenters. The van der Waals surface area contributed by atoms with Crippen LogP contribution in [0.4, 0.5) is 0 Å². The molecule has 0 bridgehead atoms. The van der Waals surface area contributed by atoms with Gasteiger partial charge in [-0.25, -0.2) is 0 Å². The lowest BCUT2D eigenvalue weighted by atomic mass is 9.84. The quantitative estimate of drug-likeness (QED) is 0.402. The van der Waals surface area contributed by atoms with Crippen molar-refractivity contribution in [2.75, 3.05) is 13.7 Å². The molecule has 0 aliphatic heterocycles. The third kappa shape index (κ3) is 8.57. The number of rotatable bonds is 13. The Morgan fingerprint density at radius 1 is 0.950 bits per heavy atom. The first-order valence-corrected chi connectivity index (χ1v) is 8.39. The van der Waals surface area contributed by atoms with Gasteiger partial charge in [0.05, 0.1) is 12.5 Å². The lowest BCUT2D eigenvalue weighted by Gasteiger charge is -2.24. The van der Waals surface area contributed by atoms with E-state index >= 15 is 0 Å². The molecule has 0 fully saturated rings. The number of nitrogens with two attached hydrogens (primary N) is 1. The molecule has 0 aliphatic carbocycles. The molecule has 120 valence electrons. The van der Waals surface area contributed by atoms with E-state index in [1.165, 1.54) is 64.9 Å². The zero-order valence-corrected chi connectivity index (χ0v) is 13.9. The molecule has 2 N–H and O–H groups in total. The van der Waals surface area contributed by atoms with Crippen LogP contribution in [-0.2, 0) is 9.53 Å². The van der Waals surface area contributed by atoms with Crippen molar-refractivity contribution in [2.24, 2.45) is 11.1 Å². The molecule has 0 heterocycles. The third-order valence-corrected chi connectivity index (χ3v) is 4.21. The molecule has 20 heavy (non-hydrogen) atoms. The second-order valence-electron chi connectivity index (χ2n) is 6.19. The second kappa shape index (κ2) is 12.2. The monoisotopic (exact) mass is 285 g/mol. The molecule has 1 atom stereocenters. The molecule has 0 aromatic heterocycles. The highest BCUT2D eigenvalue weighted by atomic mass is 16.5. The normalized spacial score (nSPS) is 14.0. The average Bonchev–Trinajstić information content (AvgIpc) is 2.48. The molecule has 0 aromatic rings. The zero-order chi connectivity index (χ0) is 15.3. The van der Waals surface area contributed by atoms with Crippen molar-refractivity contribution in [1.29, 1.82) is 0 Å². The molecular weight excluding hydrogens is 250 g/mol. The Morgan fingerprint density at radius 3 is 1.80 bits per heavy atom. The van der Waals surface area contributed by atoms with Crippen LogP contribution in [-0.4, -0.2) is 19.6 Å². The van der Waals surface area contributed by atoms with Crippen molar-refractivity contribution in [2.45, 2.75) is 84.5 Å². The van der Waals surface area contributed by atoms with Crippen molar-refractivity contribution < 1.29 is 9.53 Å². The summed E-state index contributed by atoms with van der Waals surface area (Å²) in [5.41, 5.74) is 5.21. The van der Waals surface area contributed by atoms with E-state index in [1.54, 1.807) is 0 Å². The lowest BCUT2D eigenvalue weighted by molar-refractivity contribution is -0.151. The van der Waals surface area contributed by atoms with Gasteiger partial charge in [-0.1, -0.05) is 71.1 Å². The van der Waals surface area contributed by atoms with Crippen LogP contribution < -0.4 is 5.73 Å². The Hall–Kier alpha value is -0.570. The standard InChI is InChI=1S/C17H35NO2/c1-4-5-6-7-8-9-10-11-12-13-14-17(2,15-18)16(19)20-3/h4-15,18H2,1-3H3. The smallest absolute Gasteiger partial charge is 0.312 e. The Kier molecular flexibility index (Phi) is 11.8. The number of methoxy groups -OCH3 is 1. The molecule has 0 amide bonds. The predicted octanol–water partition coefficient (Wildman–Crippen LogP) is 4.44. The van der Waals surface area contributed by atoms with Gasteiger partial charge in [0.2, 0.25) is 0 Å². The maximum absolute atomic E-state index is 11.7. The zero-order valence-electron chi connectivity index (χ0n) is 13.9. The largest absolute Gasteiger partial charge is 0.469 e. The predicted molar refractivity (Wildman–Crippen MR) is 85.6 cm³/mol. The van der Waals surface area contributed by atoms with Crippen LogP contribution in [0, 0.1) is 5.41 Å². The molecule has 0 aromatic carbocycles. The van der Waals surface area contributed by atoms with Crippen LogP contribution in [0.2, 0.25) is 0 Å². The fraction of sp³-hybridized carbons (Fsp3) is 0.941. The van der Waals surface area contributed by atoms with Gasteiger partial charge >= 0.3 is 5.97 Å². The highest BCUT2D eigenvalue weighted by Crippen LogP contribution is 2.25. The summed E-state index contributed by atoms with van der Waals surface area (Å²) in [6.45, 7) is 4.53. The van der Waals surface area contributed by atoms with Gasteiger partial charge in [-0.15, -0.1) is 0 Å². The van der Waals surface area contributed by atoms with Gasteiger partial charge in [0.15, 0.2) is 0 Å². The molecule has 0 radical (unpaired) electrons. The minimum absolute atomic E-state index is 0.170. The number of hydrogen-bond donors (Lipinski definition) is 1. The number of unbranched alkanes of at least 4 members (excludes halogenated alkanes) is 9. The molecule has 0 spiro atoms. The number of esters is 1. The van der Waals surface area contributed by atoms with E-state index in [4.69, 9.17) is 10.5 Å². The Bertz CT molecular complexity index is 243. The van der Waals surface area contributed by atoms with Crippen molar-refractivity contribution >= 4 is 5.97 Å². The van der Waals surface area contributed by atoms with Crippen LogP contribution in [0.15, 0.2) is 0 Å². The van der Waals surface area contributed by atoms with Crippen LogP contribution in [0.25, 0.3) is 0 Å². The first-order valence-electron chi connectivity index (χ1n) is 8.39. The fourth-order valence-corrected chi connectivity index (χ4v) is 2.54. The third-order valence-electron chi connectivity index (χ3n) is 4.21. The fourth-order valence-electron chi connectivity index (χ4n) is 2.54. The Balaban J connectivity index is 3.49. The topological polar surface area (TPSA) is 52.3 Å². The van der Waals surface area contributed by atoms with E-state index in [0.29, 0.717) is 6.54 Å². The summed E-state index contributed by atoms with van der Waals surface area (Å²) < 4.78 is 4.83. The van der Waals surface area contributed by atoms with E-state index in [-0.39, 0.29) is 5.97 Å². The van der Waals surface area contributed by atoms with Crippen molar-refractivity contribution in [1.82, 2.24) is 0 Å². The van der Waals surface area contributed by atoms with E-state index in [9.17, 15) is 4.79 Å².